The monoisotopic (exact) mass is 979 g/mol. The van der Waals surface area contributed by atoms with E-state index in [1.54, 1.807) is 0 Å². The highest BCUT2D eigenvalue weighted by Crippen LogP contribution is 2.13. The van der Waals surface area contributed by atoms with Crippen LogP contribution in [0.3, 0.4) is 0 Å². The first-order chi connectivity index (χ1) is 35.0. The van der Waals surface area contributed by atoms with Crippen LogP contribution in [0.2, 0.25) is 0 Å². The average Bonchev–Trinajstić information content (AvgIpc) is 3.37. The second kappa shape index (κ2) is 57.9. The molecule has 398 valence electrons. The Hall–Kier alpha value is -4.71. The van der Waals surface area contributed by atoms with E-state index < -0.39 is 6.10 Å². The number of ether oxygens (including phenoxy) is 3. The van der Waals surface area contributed by atoms with Gasteiger partial charge in [0.1, 0.15) is 13.2 Å². The fourth-order valence-corrected chi connectivity index (χ4v) is 7.15. The summed E-state index contributed by atoms with van der Waals surface area (Å²) in [6.07, 6.45) is 83.0. The lowest BCUT2D eigenvalue weighted by Gasteiger charge is -2.18. The van der Waals surface area contributed by atoms with Crippen molar-refractivity contribution in [3.05, 3.63) is 146 Å². The molecular formula is C65H102O6. The molecule has 0 aliphatic carbocycles. The smallest absolute Gasteiger partial charge is 0.306 e. The van der Waals surface area contributed by atoms with Gasteiger partial charge >= 0.3 is 17.9 Å². The van der Waals surface area contributed by atoms with E-state index >= 15 is 0 Å². The molecule has 6 nitrogen and oxygen atoms in total. The minimum atomic E-state index is -0.800. The Morgan fingerprint density at radius 1 is 0.296 bits per heavy atom. The summed E-state index contributed by atoms with van der Waals surface area (Å²) in [5.74, 6) is -0.960. The molecule has 6 heteroatoms. The number of rotatable bonds is 49. The highest BCUT2D eigenvalue weighted by Gasteiger charge is 2.19. The third kappa shape index (κ3) is 56.1. The van der Waals surface area contributed by atoms with E-state index in [1.807, 2.05) is 0 Å². The minimum Gasteiger partial charge on any atom is -0.462 e. The Bertz CT molecular complexity index is 1590. The topological polar surface area (TPSA) is 78.9 Å². The SMILES string of the molecule is CC/C=C\C/C=C\C/C=C\C/C=C\C/C=C\C/C=C\C/C=C\CCCCCCCC(=O)OCC(COC(=O)CCCCCCC)OC(=O)CCCCCCC/C=C\C/C=C\C/C=C\C/C=C\C/C=C\CC. The molecule has 1 atom stereocenters. The van der Waals surface area contributed by atoms with E-state index in [0.29, 0.717) is 19.3 Å². The van der Waals surface area contributed by atoms with E-state index in [2.05, 4.69) is 167 Å². The average molecular weight is 980 g/mol. The van der Waals surface area contributed by atoms with Crippen molar-refractivity contribution in [2.45, 2.75) is 232 Å². The van der Waals surface area contributed by atoms with Crippen molar-refractivity contribution in [2.24, 2.45) is 0 Å². The Morgan fingerprint density at radius 2 is 0.549 bits per heavy atom. The predicted octanol–water partition coefficient (Wildman–Crippen LogP) is 19.2. The molecule has 0 saturated heterocycles. The van der Waals surface area contributed by atoms with Crippen LogP contribution in [0.5, 0.6) is 0 Å². The molecule has 0 saturated carbocycles. The van der Waals surface area contributed by atoms with Crippen LogP contribution in [0, 0.1) is 0 Å². The lowest BCUT2D eigenvalue weighted by Crippen LogP contribution is -2.30. The zero-order valence-corrected chi connectivity index (χ0v) is 45.4. The summed E-state index contributed by atoms with van der Waals surface area (Å²) in [7, 11) is 0. The van der Waals surface area contributed by atoms with Crippen LogP contribution >= 0.6 is 0 Å². The number of carbonyl (C=O) groups is 3. The molecule has 0 aromatic carbocycles. The molecule has 0 spiro atoms. The first kappa shape index (κ1) is 66.3. The fourth-order valence-electron chi connectivity index (χ4n) is 7.15. The zero-order valence-electron chi connectivity index (χ0n) is 45.4. The van der Waals surface area contributed by atoms with E-state index in [0.717, 1.165) is 186 Å². The van der Waals surface area contributed by atoms with E-state index in [1.165, 1.54) is 0 Å². The minimum absolute atomic E-state index is 0.0988. The second-order valence-corrected chi connectivity index (χ2v) is 18.1. The standard InChI is InChI=1S/C65H102O6/c1-4-7-10-13-15-17-19-21-23-25-27-29-30-31-32-33-34-36-37-39-41-43-45-47-49-52-55-58-64(67)70-61-62(60-69-63(66)57-54-51-12-9-6-3)71-65(68)59-56-53-50-48-46-44-42-40-38-35-28-26-24-22-20-18-16-14-11-8-5-2/h7-8,10-11,15-18,21-24,27-29,31-32,34-36,39-42,62H,4-6,9,12-14,19-20,25-26,30,33,37-38,43-61H2,1-3H3/b10-7-,11-8-,17-15-,18-16-,23-21-,24-22-,29-27-,32-31-,35-28-,36-34-,41-39-,42-40-. The van der Waals surface area contributed by atoms with Crippen molar-refractivity contribution in [1.82, 2.24) is 0 Å². The van der Waals surface area contributed by atoms with E-state index in [4.69, 9.17) is 14.2 Å². The summed E-state index contributed by atoms with van der Waals surface area (Å²) in [6, 6.07) is 0. The normalized spacial score (nSPS) is 13.2. The van der Waals surface area contributed by atoms with Crippen molar-refractivity contribution >= 4 is 17.9 Å². The van der Waals surface area contributed by atoms with Crippen LogP contribution in [0.4, 0.5) is 0 Å². The molecule has 71 heavy (non-hydrogen) atoms. The van der Waals surface area contributed by atoms with Gasteiger partial charge in [-0.3, -0.25) is 14.4 Å². The first-order valence-corrected chi connectivity index (χ1v) is 28.3. The van der Waals surface area contributed by atoms with E-state index in [-0.39, 0.29) is 31.1 Å². The molecule has 0 bridgehead atoms. The zero-order chi connectivity index (χ0) is 51.4. The number of allylic oxidation sites excluding steroid dienone is 24. The Morgan fingerprint density at radius 3 is 0.859 bits per heavy atom. The van der Waals surface area contributed by atoms with Gasteiger partial charge < -0.3 is 14.2 Å². The van der Waals surface area contributed by atoms with Gasteiger partial charge in [0.25, 0.3) is 0 Å². The molecule has 0 aliphatic rings. The number of unbranched alkanes of at least 4 members (excludes halogenated alkanes) is 14. The summed E-state index contributed by atoms with van der Waals surface area (Å²) >= 11 is 0. The molecule has 0 rings (SSSR count). The lowest BCUT2D eigenvalue weighted by atomic mass is 10.1. The maximum Gasteiger partial charge on any atom is 0.306 e. The number of carbonyl (C=O) groups excluding carboxylic acids is 3. The van der Waals surface area contributed by atoms with Crippen LogP contribution in [0.1, 0.15) is 226 Å². The van der Waals surface area contributed by atoms with Crippen molar-refractivity contribution in [3.63, 3.8) is 0 Å². The summed E-state index contributed by atoms with van der Waals surface area (Å²) in [5.41, 5.74) is 0. The summed E-state index contributed by atoms with van der Waals surface area (Å²) in [4.78, 5) is 37.8. The summed E-state index contributed by atoms with van der Waals surface area (Å²) < 4.78 is 16.7. The Kier molecular flexibility index (Phi) is 54.0. The Labute approximate surface area is 436 Å². The predicted molar refractivity (Wildman–Crippen MR) is 306 cm³/mol. The van der Waals surface area contributed by atoms with Gasteiger partial charge in [0.15, 0.2) is 6.10 Å². The van der Waals surface area contributed by atoms with Gasteiger partial charge in [-0.05, 0) is 122 Å². The fraction of sp³-hybridized carbons (Fsp3) is 0.585. The van der Waals surface area contributed by atoms with Crippen molar-refractivity contribution in [1.29, 1.82) is 0 Å². The van der Waals surface area contributed by atoms with Gasteiger partial charge in [0, 0.05) is 19.3 Å². The second-order valence-electron chi connectivity index (χ2n) is 18.1. The van der Waals surface area contributed by atoms with Gasteiger partial charge in [0.2, 0.25) is 0 Å². The highest BCUT2D eigenvalue weighted by atomic mass is 16.6. The summed E-state index contributed by atoms with van der Waals surface area (Å²) in [6.45, 7) is 6.27. The number of esters is 3. The van der Waals surface area contributed by atoms with Crippen molar-refractivity contribution in [2.75, 3.05) is 13.2 Å². The van der Waals surface area contributed by atoms with Crippen molar-refractivity contribution < 1.29 is 28.6 Å². The van der Waals surface area contributed by atoms with Crippen LogP contribution in [-0.2, 0) is 28.6 Å². The van der Waals surface area contributed by atoms with Gasteiger partial charge in [-0.15, -0.1) is 0 Å². The largest absolute Gasteiger partial charge is 0.462 e. The van der Waals surface area contributed by atoms with Gasteiger partial charge in [0.05, 0.1) is 0 Å². The molecular weight excluding hydrogens is 877 g/mol. The van der Waals surface area contributed by atoms with Gasteiger partial charge in [-0.1, -0.05) is 231 Å². The number of hydrogen-bond acceptors (Lipinski definition) is 6. The Balaban J connectivity index is 4.23. The lowest BCUT2D eigenvalue weighted by molar-refractivity contribution is -0.167. The molecule has 0 amide bonds. The number of hydrogen-bond donors (Lipinski definition) is 0. The van der Waals surface area contributed by atoms with E-state index in [9.17, 15) is 14.4 Å². The third-order valence-corrected chi connectivity index (χ3v) is 11.3. The molecule has 0 aromatic heterocycles. The molecule has 0 N–H and O–H groups in total. The summed E-state index contributed by atoms with van der Waals surface area (Å²) in [5, 5.41) is 0. The van der Waals surface area contributed by atoms with Crippen LogP contribution in [-0.4, -0.2) is 37.2 Å². The first-order valence-electron chi connectivity index (χ1n) is 28.3. The van der Waals surface area contributed by atoms with Gasteiger partial charge in [-0.25, -0.2) is 0 Å². The molecule has 0 heterocycles. The third-order valence-electron chi connectivity index (χ3n) is 11.3. The molecule has 0 radical (unpaired) electrons. The molecule has 1 unspecified atom stereocenters. The van der Waals surface area contributed by atoms with Crippen molar-refractivity contribution in [3.8, 4) is 0 Å². The molecule has 0 aliphatic heterocycles. The molecule has 0 fully saturated rings. The molecule has 0 aromatic rings. The highest BCUT2D eigenvalue weighted by molar-refractivity contribution is 5.71. The van der Waals surface area contributed by atoms with Crippen LogP contribution < -0.4 is 0 Å². The quantitative estimate of drug-likeness (QED) is 0.0262. The van der Waals surface area contributed by atoms with Crippen LogP contribution in [0.25, 0.3) is 0 Å². The maximum absolute atomic E-state index is 12.8. The van der Waals surface area contributed by atoms with Gasteiger partial charge in [-0.2, -0.15) is 0 Å². The van der Waals surface area contributed by atoms with Crippen LogP contribution in [0.15, 0.2) is 146 Å². The maximum atomic E-state index is 12.8.